The molecule has 4 nitrogen and oxygen atoms in total. The van der Waals surface area contributed by atoms with Gasteiger partial charge < -0.3 is 4.52 Å². The second kappa shape index (κ2) is 6.68. The molecule has 8 heteroatoms. The van der Waals surface area contributed by atoms with E-state index in [-0.39, 0.29) is 11.3 Å². The fourth-order valence-corrected chi connectivity index (χ4v) is 3.47. The SMILES string of the molecule is CS(=O)(=O)c1ccc(-c2c(-c3ccc(Br)cc3)noc2CF)cc1F. The van der Waals surface area contributed by atoms with Crippen LogP contribution in [-0.2, 0) is 16.5 Å². The number of sulfone groups is 1. The molecule has 0 radical (unpaired) electrons. The lowest BCUT2D eigenvalue weighted by Gasteiger charge is -2.06. The van der Waals surface area contributed by atoms with E-state index in [4.69, 9.17) is 4.52 Å². The second-order valence-corrected chi connectivity index (χ2v) is 8.29. The minimum atomic E-state index is -3.70. The summed E-state index contributed by atoms with van der Waals surface area (Å²) in [4.78, 5) is -0.417. The number of rotatable bonds is 4. The number of nitrogens with zero attached hydrogens (tertiary/aromatic N) is 1. The van der Waals surface area contributed by atoms with Crippen LogP contribution in [0.2, 0.25) is 0 Å². The zero-order valence-electron chi connectivity index (χ0n) is 13.0. The Morgan fingerprint density at radius 1 is 1.12 bits per heavy atom. The summed E-state index contributed by atoms with van der Waals surface area (Å²) in [6, 6.07) is 10.7. The van der Waals surface area contributed by atoms with E-state index in [1.807, 2.05) is 0 Å². The third-order valence-electron chi connectivity index (χ3n) is 3.62. The van der Waals surface area contributed by atoms with Gasteiger partial charge in [-0.1, -0.05) is 39.3 Å². The second-order valence-electron chi connectivity index (χ2n) is 5.39. The van der Waals surface area contributed by atoms with E-state index in [1.54, 1.807) is 24.3 Å². The van der Waals surface area contributed by atoms with Crippen LogP contribution in [-0.4, -0.2) is 19.8 Å². The van der Waals surface area contributed by atoms with Crippen LogP contribution in [0.5, 0.6) is 0 Å². The third-order valence-corrected chi connectivity index (χ3v) is 5.28. The van der Waals surface area contributed by atoms with Crippen molar-refractivity contribution in [1.29, 1.82) is 0 Å². The Labute approximate surface area is 151 Å². The molecule has 0 saturated heterocycles. The average molecular weight is 428 g/mol. The Bertz CT molecular complexity index is 1030. The van der Waals surface area contributed by atoms with Crippen LogP contribution < -0.4 is 0 Å². The van der Waals surface area contributed by atoms with Crippen molar-refractivity contribution < 1.29 is 21.7 Å². The van der Waals surface area contributed by atoms with Crippen LogP contribution >= 0.6 is 15.9 Å². The van der Waals surface area contributed by atoms with Gasteiger partial charge in [-0.05, 0) is 29.8 Å². The first kappa shape index (κ1) is 17.8. The van der Waals surface area contributed by atoms with Crippen molar-refractivity contribution in [2.45, 2.75) is 11.6 Å². The van der Waals surface area contributed by atoms with Crippen LogP contribution in [0.3, 0.4) is 0 Å². The Balaban J connectivity index is 2.18. The molecule has 0 unspecified atom stereocenters. The van der Waals surface area contributed by atoms with Crippen molar-refractivity contribution >= 4 is 25.8 Å². The quantitative estimate of drug-likeness (QED) is 0.600. The summed E-state index contributed by atoms with van der Waals surface area (Å²) in [5, 5.41) is 3.89. The van der Waals surface area contributed by atoms with Crippen molar-refractivity contribution in [3.8, 4) is 22.4 Å². The van der Waals surface area contributed by atoms with Gasteiger partial charge in [-0.15, -0.1) is 0 Å². The molecule has 0 atom stereocenters. The molecule has 25 heavy (non-hydrogen) atoms. The zero-order chi connectivity index (χ0) is 18.2. The fourth-order valence-electron chi connectivity index (χ4n) is 2.47. The summed E-state index contributed by atoms with van der Waals surface area (Å²) in [7, 11) is -3.70. The van der Waals surface area contributed by atoms with Gasteiger partial charge in [0.1, 0.15) is 16.4 Å². The van der Waals surface area contributed by atoms with E-state index in [2.05, 4.69) is 21.1 Å². The molecule has 0 bridgehead atoms. The molecule has 0 aliphatic rings. The molecule has 0 N–H and O–H groups in total. The molecule has 130 valence electrons. The van der Waals surface area contributed by atoms with Gasteiger partial charge in [-0.3, -0.25) is 0 Å². The lowest BCUT2D eigenvalue weighted by Crippen LogP contribution is -2.01. The molecule has 3 rings (SSSR count). The molecule has 0 amide bonds. The highest BCUT2D eigenvalue weighted by Crippen LogP contribution is 2.36. The molecule has 1 heterocycles. The van der Waals surface area contributed by atoms with E-state index in [0.29, 0.717) is 16.8 Å². The number of halogens is 3. The Morgan fingerprint density at radius 3 is 2.32 bits per heavy atom. The van der Waals surface area contributed by atoms with Gasteiger partial charge in [0.05, 0.1) is 5.56 Å². The van der Waals surface area contributed by atoms with Gasteiger partial charge in [0.15, 0.2) is 22.3 Å². The van der Waals surface area contributed by atoms with Crippen LogP contribution in [0.15, 0.2) is 56.4 Å². The minimum absolute atomic E-state index is 0.0515. The van der Waals surface area contributed by atoms with Crippen molar-refractivity contribution in [2.24, 2.45) is 0 Å². The van der Waals surface area contributed by atoms with E-state index >= 15 is 0 Å². The Morgan fingerprint density at radius 2 is 1.76 bits per heavy atom. The monoisotopic (exact) mass is 427 g/mol. The summed E-state index contributed by atoms with van der Waals surface area (Å²) < 4.78 is 56.6. The first-order valence-electron chi connectivity index (χ1n) is 7.11. The average Bonchev–Trinajstić information content (AvgIpc) is 2.98. The summed E-state index contributed by atoms with van der Waals surface area (Å²) >= 11 is 3.33. The Kier molecular flexibility index (Phi) is 4.75. The minimum Gasteiger partial charge on any atom is -0.357 e. The standard InChI is InChI=1S/C17H12BrF2NO3S/c1-25(22,23)15-7-4-11(8-13(15)20)16-14(9-19)24-21-17(16)10-2-5-12(18)6-3-10/h2-8H,9H2,1H3. The topological polar surface area (TPSA) is 60.2 Å². The molecule has 0 aliphatic carbocycles. The predicted octanol–water partition coefficient (Wildman–Crippen LogP) is 4.78. The van der Waals surface area contributed by atoms with Crippen molar-refractivity contribution in [2.75, 3.05) is 6.26 Å². The largest absolute Gasteiger partial charge is 0.357 e. The summed E-state index contributed by atoms with van der Waals surface area (Å²) in [6.07, 6.45) is 0.921. The van der Waals surface area contributed by atoms with Crippen molar-refractivity contribution in [3.63, 3.8) is 0 Å². The molecule has 1 aromatic heterocycles. The maximum Gasteiger partial charge on any atom is 0.178 e. The highest BCUT2D eigenvalue weighted by atomic mass is 79.9. The molecule has 0 saturated carbocycles. The summed E-state index contributed by atoms with van der Waals surface area (Å²) in [6.45, 7) is -0.922. The highest BCUT2D eigenvalue weighted by molar-refractivity contribution is 9.10. The van der Waals surface area contributed by atoms with Gasteiger partial charge in [0.25, 0.3) is 0 Å². The van der Waals surface area contributed by atoms with Gasteiger partial charge >= 0.3 is 0 Å². The number of hydrogen-bond acceptors (Lipinski definition) is 4. The van der Waals surface area contributed by atoms with Gasteiger partial charge in [-0.25, -0.2) is 17.2 Å². The summed E-state index contributed by atoms with van der Waals surface area (Å²) in [5.41, 5.74) is 1.60. The fraction of sp³-hybridized carbons (Fsp3) is 0.118. The van der Waals surface area contributed by atoms with Crippen LogP contribution in [0, 0.1) is 5.82 Å². The number of benzene rings is 2. The van der Waals surface area contributed by atoms with Crippen LogP contribution in [0.1, 0.15) is 5.76 Å². The molecular formula is C17H12BrF2NO3S. The number of aromatic nitrogens is 1. The molecule has 0 spiro atoms. The normalized spacial score (nSPS) is 11.7. The lowest BCUT2D eigenvalue weighted by molar-refractivity contribution is 0.332. The predicted molar refractivity (Wildman–Crippen MR) is 93.0 cm³/mol. The van der Waals surface area contributed by atoms with Gasteiger partial charge in [0, 0.05) is 16.3 Å². The maximum absolute atomic E-state index is 14.2. The first-order chi connectivity index (χ1) is 11.8. The molecule has 2 aromatic carbocycles. The van der Waals surface area contributed by atoms with Gasteiger partial charge in [-0.2, -0.15) is 0 Å². The van der Waals surface area contributed by atoms with E-state index in [1.165, 1.54) is 6.07 Å². The Hall–Kier alpha value is -2.06. The molecular weight excluding hydrogens is 416 g/mol. The lowest BCUT2D eigenvalue weighted by atomic mass is 9.99. The van der Waals surface area contributed by atoms with E-state index in [9.17, 15) is 17.2 Å². The summed E-state index contributed by atoms with van der Waals surface area (Å²) in [5.74, 6) is -0.961. The van der Waals surface area contributed by atoms with Gasteiger partial charge in [0.2, 0.25) is 0 Å². The third kappa shape index (κ3) is 3.50. The number of hydrogen-bond donors (Lipinski definition) is 0. The zero-order valence-corrected chi connectivity index (χ0v) is 15.4. The van der Waals surface area contributed by atoms with Crippen molar-refractivity contribution in [3.05, 3.63) is 58.5 Å². The first-order valence-corrected chi connectivity index (χ1v) is 9.80. The van der Waals surface area contributed by atoms with Crippen LogP contribution in [0.25, 0.3) is 22.4 Å². The van der Waals surface area contributed by atoms with Crippen molar-refractivity contribution in [1.82, 2.24) is 5.16 Å². The van der Waals surface area contributed by atoms with Crippen LogP contribution in [0.4, 0.5) is 8.78 Å². The number of alkyl halides is 1. The van der Waals surface area contributed by atoms with E-state index in [0.717, 1.165) is 22.9 Å². The molecule has 0 fully saturated rings. The maximum atomic E-state index is 14.2. The molecule has 0 aliphatic heterocycles. The van der Waals surface area contributed by atoms with E-state index < -0.39 is 27.2 Å². The highest BCUT2D eigenvalue weighted by Gasteiger charge is 2.22. The molecule has 3 aromatic rings. The smallest absolute Gasteiger partial charge is 0.178 e.